The Morgan fingerprint density at radius 1 is 1.20 bits per heavy atom. The summed E-state index contributed by atoms with van der Waals surface area (Å²) in [6, 6.07) is 10.5. The van der Waals surface area contributed by atoms with Gasteiger partial charge in [0.15, 0.2) is 0 Å². The number of fused-ring (bicyclic) bond motifs is 2. The maximum Gasteiger partial charge on any atom is 0.0958 e. The maximum absolute atomic E-state index is 6.04. The van der Waals surface area contributed by atoms with Gasteiger partial charge in [-0.05, 0) is 37.0 Å². The Kier molecular flexibility index (Phi) is 2.57. The second-order valence-corrected chi connectivity index (χ2v) is 5.40. The molecule has 100 valence electrons. The van der Waals surface area contributed by atoms with Crippen LogP contribution < -0.4 is 5.73 Å². The lowest BCUT2D eigenvalue weighted by Crippen LogP contribution is -2.27. The van der Waals surface area contributed by atoms with E-state index < -0.39 is 0 Å². The third kappa shape index (κ3) is 1.80. The summed E-state index contributed by atoms with van der Waals surface area (Å²) in [7, 11) is 0. The first-order chi connectivity index (χ1) is 9.81. The molecule has 0 amide bonds. The minimum Gasteiger partial charge on any atom is -0.327 e. The van der Waals surface area contributed by atoms with Crippen molar-refractivity contribution in [3.63, 3.8) is 0 Å². The second-order valence-electron chi connectivity index (χ2n) is 5.40. The van der Waals surface area contributed by atoms with Gasteiger partial charge in [-0.2, -0.15) is 5.10 Å². The lowest BCUT2D eigenvalue weighted by atomic mass is 9.94. The molecule has 0 bridgehead atoms. The van der Waals surface area contributed by atoms with E-state index in [1.807, 2.05) is 23.0 Å². The molecule has 20 heavy (non-hydrogen) atoms. The van der Waals surface area contributed by atoms with Crippen molar-refractivity contribution >= 4 is 10.9 Å². The van der Waals surface area contributed by atoms with Crippen LogP contribution in [0.25, 0.3) is 16.6 Å². The highest BCUT2D eigenvalue weighted by atomic mass is 15.3. The fourth-order valence-corrected chi connectivity index (χ4v) is 2.93. The van der Waals surface area contributed by atoms with Crippen molar-refractivity contribution in [1.82, 2.24) is 14.8 Å². The normalized spacial score (nSPS) is 18.1. The number of para-hydroxylation sites is 1. The van der Waals surface area contributed by atoms with Gasteiger partial charge in [-0.25, -0.2) is 4.68 Å². The molecule has 4 nitrogen and oxygen atoms in total. The van der Waals surface area contributed by atoms with Crippen molar-refractivity contribution in [3.05, 3.63) is 54.0 Å². The minimum absolute atomic E-state index is 0.269. The lowest BCUT2D eigenvalue weighted by molar-refractivity contribution is 0.570. The van der Waals surface area contributed by atoms with Crippen molar-refractivity contribution in [2.45, 2.75) is 25.3 Å². The number of benzene rings is 1. The minimum atomic E-state index is 0.269. The van der Waals surface area contributed by atoms with E-state index >= 15 is 0 Å². The van der Waals surface area contributed by atoms with E-state index in [-0.39, 0.29) is 6.04 Å². The molecule has 1 atom stereocenters. The highest BCUT2D eigenvalue weighted by Gasteiger charge is 2.19. The quantitative estimate of drug-likeness (QED) is 0.733. The number of hydrogen-bond acceptors (Lipinski definition) is 3. The summed E-state index contributed by atoms with van der Waals surface area (Å²) >= 11 is 0. The van der Waals surface area contributed by atoms with Gasteiger partial charge in [-0.1, -0.05) is 18.2 Å². The van der Waals surface area contributed by atoms with Crippen molar-refractivity contribution in [3.8, 4) is 5.69 Å². The summed E-state index contributed by atoms with van der Waals surface area (Å²) < 4.78 is 1.96. The fourth-order valence-electron chi connectivity index (χ4n) is 2.93. The number of aromatic nitrogens is 3. The Bertz CT molecular complexity index is 770. The van der Waals surface area contributed by atoms with E-state index in [1.165, 1.54) is 11.3 Å². The van der Waals surface area contributed by atoms with Gasteiger partial charge in [-0.15, -0.1) is 0 Å². The number of hydrogen-bond donors (Lipinski definition) is 1. The average molecular weight is 264 g/mol. The summed E-state index contributed by atoms with van der Waals surface area (Å²) in [5, 5.41) is 5.86. The first kappa shape index (κ1) is 11.6. The third-order valence-electron chi connectivity index (χ3n) is 3.97. The van der Waals surface area contributed by atoms with Crippen molar-refractivity contribution in [1.29, 1.82) is 0 Å². The molecule has 0 saturated carbocycles. The zero-order valence-corrected chi connectivity index (χ0v) is 11.2. The van der Waals surface area contributed by atoms with Crippen molar-refractivity contribution in [2.75, 3.05) is 0 Å². The second kappa shape index (κ2) is 4.42. The third-order valence-corrected chi connectivity index (χ3v) is 3.97. The molecule has 0 fully saturated rings. The van der Waals surface area contributed by atoms with Gasteiger partial charge in [0.25, 0.3) is 0 Å². The first-order valence-electron chi connectivity index (χ1n) is 6.98. The molecular weight excluding hydrogens is 248 g/mol. The van der Waals surface area contributed by atoms with E-state index in [0.29, 0.717) is 0 Å². The Labute approximate surface area is 117 Å². The number of rotatable bonds is 1. The van der Waals surface area contributed by atoms with Gasteiger partial charge in [0.05, 0.1) is 16.9 Å². The molecule has 1 aromatic carbocycles. The summed E-state index contributed by atoms with van der Waals surface area (Å²) in [5.74, 6) is 0. The van der Waals surface area contributed by atoms with Crippen LogP contribution in [0.5, 0.6) is 0 Å². The Balaban J connectivity index is 1.88. The van der Waals surface area contributed by atoms with Gasteiger partial charge in [0.1, 0.15) is 0 Å². The average Bonchev–Trinajstić information content (AvgIpc) is 2.89. The molecular formula is C16H16N4. The van der Waals surface area contributed by atoms with Crippen LogP contribution in [0, 0.1) is 0 Å². The van der Waals surface area contributed by atoms with Gasteiger partial charge in [0.2, 0.25) is 0 Å². The van der Waals surface area contributed by atoms with E-state index in [2.05, 4.69) is 29.4 Å². The number of aryl methyl sites for hydroxylation is 1. The molecule has 1 aliphatic rings. The zero-order valence-electron chi connectivity index (χ0n) is 11.2. The van der Waals surface area contributed by atoms with Crippen molar-refractivity contribution < 1.29 is 0 Å². The summed E-state index contributed by atoms with van der Waals surface area (Å²) in [6.45, 7) is 0. The molecule has 1 aliphatic carbocycles. The highest BCUT2D eigenvalue weighted by Crippen LogP contribution is 2.24. The van der Waals surface area contributed by atoms with Crippen LogP contribution in [-0.2, 0) is 12.8 Å². The Morgan fingerprint density at radius 2 is 2.10 bits per heavy atom. The van der Waals surface area contributed by atoms with Crippen LogP contribution in [0.15, 0.2) is 42.7 Å². The molecule has 0 saturated heterocycles. The molecule has 0 radical (unpaired) electrons. The number of nitrogens with two attached hydrogens (primary N) is 1. The lowest BCUT2D eigenvalue weighted by Gasteiger charge is -2.15. The molecule has 0 aliphatic heterocycles. The standard InChI is InChI=1S/C16H16N4/c17-13-6-7-14-12(9-13)10-20(19-14)15-5-1-3-11-4-2-8-18-16(11)15/h1-5,8,10,13H,6-7,9,17H2. The first-order valence-corrected chi connectivity index (χ1v) is 6.98. The molecule has 4 rings (SSSR count). The van der Waals surface area contributed by atoms with Gasteiger partial charge < -0.3 is 5.73 Å². The van der Waals surface area contributed by atoms with Crippen LogP contribution in [0.2, 0.25) is 0 Å². The van der Waals surface area contributed by atoms with E-state index in [0.717, 1.165) is 35.9 Å². The van der Waals surface area contributed by atoms with Crippen LogP contribution in [0.1, 0.15) is 17.7 Å². The fraction of sp³-hybridized carbons (Fsp3) is 0.250. The van der Waals surface area contributed by atoms with Crippen LogP contribution >= 0.6 is 0 Å². The zero-order chi connectivity index (χ0) is 13.5. The Morgan fingerprint density at radius 3 is 3.05 bits per heavy atom. The molecule has 3 aromatic rings. The van der Waals surface area contributed by atoms with Gasteiger partial charge in [-0.3, -0.25) is 4.98 Å². The van der Waals surface area contributed by atoms with Gasteiger partial charge in [0, 0.05) is 23.8 Å². The molecule has 2 aromatic heterocycles. The van der Waals surface area contributed by atoms with E-state index in [9.17, 15) is 0 Å². The summed E-state index contributed by atoms with van der Waals surface area (Å²) in [4.78, 5) is 4.49. The molecule has 2 heterocycles. The Hall–Kier alpha value is -2.20. The molecule has 1 unspecified atom stereocenters. The molecule has 4 heteroatoms. The smallest absolute Gasteiger partial charge is 0.0958 e. The van der Waals surface area contributed by atoms with Gasteiger partial charge >= 0.3 is 0 Å². The van der Waals surface area contributed by atoms with Crippen LogP contribution in [-0.4, -0.2) is 20.8 Å². The number of pyridine rings is 1. The number of nitrogens with zero attached hydrogens (tertiary/aromatic N) is 3. The highest BCUT2D eigenvalue weighted by molar-refractivity contribution is 5.86. The SMILES string of the molecule is NC1CCc2nn(-c3cccc4cccnc34)cc2C1. The van der Waals surface area contributed by atoms with Crippen LogP contribution in [0.4, 0.5) is 0 Å². The largest absolute Gasteiger partial charge is 0.327 e. The summed E-state index contributed by atoms with van der Waals surface area (Å²) in [6.07, 6.45) is 6.86. The summed E-state index contributed by atoms with van der Waals surface area (Å²) in [5.41, 5.74) is 10.5. The molecule has 0 spiro atoms. The predicted octanol–water partition coefficient (Wildman–Crippen LogP) is 2.24. The van der Waals surface area contributed by atoms with E-state index in [4.69, 9.17) is 10.8 Å². The van der Waals surface area contributed by atoms with Crippen LogP contribution in [0.3, 0.4) is 0 Å². The topological polar surface area (TPSA) is 56.7 Å². The van der Waals surface area contributed by atoms with Crippen molar-refractivity contribution in [2.24, 2.45) is 5.73 Å². The molecule has 2 N–H and O–H groups in total. The predicted molar refractivity (Wildman–Crippen MR) is 78.9 cm³/mol. The van der Waals surface area contributed by atoms with E-state index in [1.54, 1.807) is 0 Å². The maximum atomic E-state index is 6.04. The monoisotopic (exact) mass is 264 g/mol.